The molecule has 9 aromatic carbocycles. The van der Waals surface area contributed by atoms with Crippen LogP contribution in [0.15, 0.2) is 194 Å². The molecule has 0 saturated heterocycles. The van der Waals surface area contributed by atoms with Crippen LogP contribution >= 0.6 is 11.3 Å². The van der Waals surface area contributed by atoms with Gasteiger partial charge in [0.1, 0.15) is 0 Å². The number of aryl methyl sites for hydroxylation is 2. The standard InChI is InChI=1S/C57H36N4S/c1-2-12-35(13-3-1)36-22-25-38(26-23-36)55-58-56(42-28-29-46-45-19-9-11-21-53(45)62-54(46)33-42)60-57(59-55)49-31-41-27-24-37-14-6-7-17-43(37)47(41)34-52(49)61-50-20-10-8-18-44(50)48-30-39-15-4-5-16-40(39)32-51(48)61/h1-23,25-26,28-34H,24,27H2. The lowest BCUT2D eigenvalue weighted by Crippen LogP contribution is -2.09. The molecule has 4 nitrogen and oxygen atoms in total. The van der Waals surface area contributed by atoms with Crippen molar-refractivity contribution >= 4 is 64.1 Å². The van der Waals surface area contributed by atoms with Gasteiger partial charge in [0.25, 0.3) is 0 Å². The highest BCUT2D eigenvalue weighted by atomic mass is 32.1. The fourth-order valence-corrected chi connectivity index (χ4v) is 10.8. The van der Waals surface area contributed by atoms with E-state index in [2.05, 4.69) is 199 Å². The van der Waals surface area contributed by atoms with Gasteiger partial charge in [0.2, 0.25) is 0 Å². The zero-order valence-electron chi connectivity index (χ0n) is 33.6. The van der Waals surface area contributed by atoms with Crippen molar-refractivity contribution in [1.29, 1.82) is 0 Å². The molecule has 0 bridgehead atoms. The summed E-state index contributed by atoms with van der Waals surface area (Å²) < 4.78 is 4.94. The maximum atomic E-state index is 5.47. The molecule has 62 heavy (non-hydrogen) atoms. The molecule has 0 aliphatic heterocycles. The summed E-state index contributed by atoms with van der Waals surface area (Å²) in [7, 11) is 0. The molecule has 0 atom stereocenters. The summed E-state index contributed by atoms with van der Waals surface area (Å²) in [6, 6.07) is 70.2. The fraction of sp³-hybridized carbons (Fsp3) is 0.0351. The predicted octanol–water partition coefficient (Wildman–Crippen LogP) is 14.9. The smallest absolute Gasteiger partial charge is 0.166 e. The number of fused-ring (bicyclic) bond motifs is 10. The summed E-state index contributed by atoms with van der Waals surface area (Å²) in [5.74, 6) is 1.94. The third-order valence-electron chi connectivity index (χ3n) is 12.7. The summed E-state index contributed by atoms with van der Waals surface area (Å²) in [4.78, 5) is 16.2. The third kappa shape index (κ3) is 5.63. The Bertz CT molecular complexity index is 3750. The van der Waals surface area contributed by atoms with Crippen LogP contribution < -0.4 is 0 Å². The molecule has 5 heteroatoms. The SMILES string of the molecule is c1ccc(-c2ccc(-c3nc(-c4ccc5c(c4)sc4ccccc45)nc(-c4cc5c(cc4-n4c6ccccc6c6cc7ccccc7cc64)-c4ccccc4CC5)n3)cc2)cc1. The highest BCUT2D eigenvalue weighted by molar-refractivity contribution is 7.25. The summed E-state index contributed by atoms with van der Waals surface area (Å²) >= 11 is 1.81. The molecule has 0 amide bonds. The summed E-state index contributed by atoms with van der Waals surface area (Å²) in [6.45, 7) is 0. The van der Waals surface area contributed by atoms with Gasteiger partial charge in [0.15, 0.2) is 17.5 Å². The lowest BCUT2D eigenvalue weighted by molar-refractivity contribution is 0.939. The maximum Gasteiger partial charge on any atom is 0.166 e. The molecule has 290 valence electrons. The van der Waals surface area contributed by atoms with E-state index in [0.717, 1.165) is 51.8 Å². The van der Waals surface area contributed by atoms with E-state index in [1.54, 1.807) is 0 Å². The number of nitrogens with zero attached hydrogens (tertiary/aromatic N) is 4. The number of benzene rings is 9. The van der Waals surface area contributed by atoms with Gasteiger partial charge in [-0.1, -0.05) is 152 Å². The van der Waals surface area contributed by atoms with Gasteiger partial charge in [-0.15, -0.1) is 11.3 Å². The van der Waals surface area contributed by atoms with Crippen molar-refractivity contribution in [2.24, 2.45) is 0 Å². The molecule has 1 aliphatic carbocycles. The van der Waals surface area contributed by atoms with Crippen LogP contribution in [0.4, 0.5) is 0 Å². The van der Waals surface area contributed by atoms with Gasteiger partial charge in [-0.3, -0.25) is 0 Å². The van der Waals surface area contributed by atoms with Crippen molar-refractivity contribution in [2.75, 3.05) is 0 Å². The molecule has 0 saturated carbocycles. The minimum Gasteiger partial charge on any atom is -0.308 e. The maximum absolute atomic E-state index is 5.47. The molecule has 0 spiro atoms. The largest absolute Gasteiger partial charge is 0.308 e. The third-order valence-corrected chi connectivity index (χ3v) is 13.9. The Hall–Kier alpha value is -7.73. The van der Waals surface area contributed by atoms with Crippen molar-refractivity contribution in [1.82, 2.24) is 19.5 Å². The molecule has 0 unspecified atom stereocenters. The van der Waals surface area contributed by atoms with Gasteiger partial charge in [0.05, 0.1) is 16.7 Å². The number of thiophene rings is 1. The number of hydrogen-bond acceptors (Lipinski definition) is 4. The average molecular weight is 809 g/mol. The van der Waals surface area contributed by atoms with Gasteiger partial charge in [-0.25, -0.2) is 15.0 Å². The van der Waals surface area contributed by atoms with Crippen LogP contribution in [-0.2, 0) is 12.8 Å². The van der Waals surface area contributed by atoms with E-state index in [0.29, 0.717) is 17.5 Å². The number of aromatic nitrogens is 4. The van der Waals surface area contributed by atoms with Crippen LogP contribution in [0.5, 0.6) is 0 Å². The second kappa shape index (κ2) is 13.9. The van der Waals surface area contributed by atoms with Gasteiger partial charge in [0, 0.05) is 47.6 Å². The van der Waals surface area contributed by atoms with Crippen molar-refractivity contribution in [2.45, 2.75) is 12.8 Å². The van der Waals surface area contributed by atoms with E-state index in [1.165, 1.54) is 69.5 Å². The van der Waals surface area contributed by atoms with Crippen LogP contribution in [-0.4, -0.2) is 19.5 Å². The van der Waals surface area contributed by atoms with Crippen LogP contribution in [0.1, 0.15) is 11.1 Å². The summed E-state index contributed by atoms with van der Waals surface area (Å²) in [5.41, 5.74) is 13.8. The topological polar surface area (TPSA) is 43.6 Å². The molecular weight excluding hydrogens is 773 g/mol. The van der Waals surface area contributed by atoms with Crippen LogP contribution in [0, 0.1) is 0 Å². The van der Waals surface area contributed by atoms with Crippen molar-refractivity contribution in [3.8, 4) is 62.1 Å². The lowest BCUT2D eigenvalue weighted by Gasteiger charge is -2.24. The van der Waals surface area contributed by atoms with E-state index in [4.69, 9.17) is 15.0 Å². The summed E-state index contributed by atoms with van der Waals surface area (Å²) in [5, 5.41) is 7.38. The van der Waals surface area contributed by atoms with E-state index in [1.807, 2.05) is 11.3 Å². The quantitative estimate of drug-likeness (QED) is 0.174. The molecule has 0 N–H and O–H groups in total. The van der Waals surface area contributed by atoms with E-state index in [9.17, 15) is 0 Å². The van der Waals surface area contributed by atoms with Crippen LogP contribution in [0.3, 0.4) is 0 Å². The molecule has 13 rings (SSSR count). The van der Waals surface area contributed by atoms with E-state index >= 15 is 0 Å². The highest BCUT2D eigenvalue weighted by Crippen LogP contribution is 2.44. The normalized spacial score (nSPS) is 12.4. The Balaban J connectivity index is 1.09. The predicted molar refractivity (Wildman–Crippen MR) is 259 cm³/mol. The second-order valence-corrected chi connectivity index (χ2v) is 17.4. The van der Waals surface area contributed by atoms with Gasteiger partial charge >= 0.3 is 0 Å². The van der Waals surface area contributed by atoms with Gasteiger partial charge in [-0.05, 0) is 99.5 Å². The Labute approximate surface area is 362 Å². The minimum atomic E-state index is 0.642. The molecule has 3 aromatic heterocycles. The minimum absolute atomic E-state index is 0.642. The van der Waals surface area contributed by atoms with E-state index < -0.39 is 0 Å². The van der Waals surface area contributed by atoms with Crippen molar-refractivity contribution in [3.05, 3.63) is 205 Å². The van der Waals surface area contributed by atoms with Crippen LogP contribution in [0.2, 0.25) is 0 Å². The lowest BCUT2D eigenvalue weighted by atomic mass is 9.84. The first-order valence-electron chi connectivity index (χ1n) is 21.2. The fourth-order valence-electron chi connectivity index (χ4n) is 9.70. The molecule has 0 radical (unpaired) electrons. The first-order valence-corrected chi connectivity index (χ1v) is 22.0. The van der Waals surface area contributed by atoms with Gasteiger partial charge < -0.3 is 4.57 Å². The zero-order chi connectivity index (χ0) is 40.7. The Kier molecular flexibility index (Phi) is 7.87. The molecule has 0 fully saturated rings. The Morgan fingerprint density at radius 3 is 1.85 bits per heavy atom. The number of rotatable bonds is 5. The molecule has 12 aromatic rings. The van der Waals surface area contributed by atoms with Crippen LogP contribution in [0.25, 0.3) is 115 Å². The monoisotopic (exact) mass is 808 g/mol. The highest BCUT2D eigenvalue weighted by Gasteiger charge is 2.25. The second-order valence-electron chi connectivity index (χ2n) is 16.3. The average Bonchev–Trinajstić information content (AvgIpc) is 3.87. The number of para-hydroxylation sites is 1. The number of hydrogen-bond donors (Lipinski definition) is 0. The Morgan fingerprint density at radius 2 is 0.984 bits per heavy atom. The zero-order valence-corrected chi connectivity index (χ0v) is 34.4. The van der Waals surface area contributed by atoms with Crippen molar-refractivity contribution in [3.63, 3.8) is 0 Å². The first-order chi connectivity index (χ1) is 30.7. The van der Waals surface area contributed by atoms with Crippen molar-refractivity contribution < 1.29 is 0 Å². The van der Waals surface area contributed by atoms with E-state index in [-0.39, 0.29) is 0 Å². The first kappa shape index (κ1) is 35.1. The molecule has 3 heterocycles. The van der Waals surface area contributed by atoms with Gasteiger partial charge in [-0.2, -0.15) is 0 Å². The molecule has 1 aliphatic rings. The summed E-state index contributed by atoms with van der Waals surface area (Å²) in [6.07, 6.45) is 1.92. The molecular formula is C57H36N4S. The Morgan fingerprint density at radius 1 is 0.355 bits per heavy atom.